The third-order valence-electron chi connectivity index (χ3n) is 5.13. The molecule has 2 fully saturated rings. The van der Waals surface area contributed by atoms with Crippen molar-refractivity contribution in [1.29, 1.82) is 0 Å². The maximum atomic E-state index is 12.4. The van der Waals surface area contributed by atoms with Gasteiger partial charge in [-0.15, -0.1) is 11.7 Å². The van der Waals surface area contributed by atoms with Gasteiger partial charge in [-0.2, -0.15) is 0 Å². The van der Waals surface area contributed by atoms with Gasteiger partial charge in [-0.1, -0.05) is 30.1 Å². The summed E-state index contributed by atoms with van der Waals surface area (Å²) in [7, 11) is 3.70. The summed E-state index contributed by atoms with van der Waals surface area (Å²) in [5, 5.41) is 0. The molecule has 0 radical (unpaired) electrons. The quantitative estimate of drug-likeness (QED) is 0.593. The number of hydrogen-bond donors (Lipinski definition) is 1. The van der Waals surface area contributed by atoms with Crippen LogP contribution in [0.15, 0.2) is 0 Å². The van der Waals surface area contributed by atoms with Crippen molar-refractivity contribution in [2.24, 2.45) is 11.8 Å². The molecule has 0 aliphatic heterocycles. The van der Waals surface area contributed by atoms with Crippen LogP contribution in [0.2, 0.25) is 0 Å². The first-order valence-corrected chi connectivity index (χ1v) is 9.89. The standard InChI is InChI=1S/C16H29NOS2/c1-16(2,20-19)11-12-6-4-9-14(10-12)17(3)15(18)13-7-5-8-13/h12-14,19H,4-11H2,1-3H3. The van der Waals surface area contributed by atoms with E-state index >= 15 is 0 Å². The Hall–Kier alpha value is 0.170. The fourth-order valence-corrected chi connectivity index (χ4v) is 4.19. The van der Waals surface area contributed by atoms with Crippen LogP contribution in [0.3, 0.4) is 0 Å². The molecule has 0 aromatic heterocycles. The predicted molar refractivity (Wildman–Crippen MR) is 91.1 cm³/mol. The summed E-state index contributed by atoms with van der Waals surface area (Å²) in [6.45, 7) is 4.55. The minimum absolute atomic E-state index is 0.242. The van der Waals surface area contributed by atoms with Gasteiger partial charge < -0.3 is 4.90 Å². The Morgan fingerprint density at radius 1 is 1.25 bits per heavy atom. The fraction of sp³-hybridized carbons (Fsp3) is 0.938. The lowest BCUT2D eigenvalue weighted by atomic mass is 9.79. The number of thiol groups is 1. The second-order valence-corrected chi connectivity index (χ2v) is 9.15. The highest BCUT2D eigenvalue weighted by Gasteiger charge is 2.34. The molecule has 0 saturated heterocycles. The molecule has 2 unspecified atom stereocenters. The summed E-state index contributed by atoms with van der Waals surface area (Å²) < 4.78 is 0.242. The summed E-state index contributed by atoms with van der Waals surface area (Å²) in [5.41, 5.74) is 0. The van der Waals surface area contributed by atoms with Gasteiger partial charge in [0, 0.05) is 23.8 Å². The van der Waals surface area contributed by atoms with Crippen molar-refractivity contribution in [3.63, 3.8) is 0 Å². The van der Waals surface area contributed by atoms with E-state index in [1.165, 1.54) is 38.5 Å². The van der Waals surface area contributed by atoms with Crippen LogP contribution in [-0.4, -0.2) is 28.6 Å². The van der Waals surface area contributed by atoms with Crippen LogP contribution in [0, 0.1) is 11.8 Å². The molecule has 20 heavy (non-hydrogen) atoms. The molecule has 2 saturated carbocycles. The van der Waals surface area contributed by atoms with Crippen molar-refractivity contribution in [2.45, 2.75) is 76.0 Å². The largest absolute Gasteiger partial charge is 0.343 e. The molecular weight excluding hydrogens is 286 g/mol. The minimum Gasteiger partial charge on any atom is -0.343 e. The zero-order chi connectivity index (χ0) is 14.8. The molecule has 2 aliphatic rings. The van der Waals surface area contributed by atoms with Crippen LogP contribution in [0.4, 0.5) is 0 Å². The molecule has 1 amide bonds. The van der Waals surface area contributed by atoms with E-state index in [0.29, 0.717) is 17.9 Å². The minimum atomic E-state index is 0.242. The molecule has 4 heteroatoms. The molecule has 2 atom stereocenters. The smallest absolute Gasteiger partial charge is 0.225 e. The van der Waals surface area contributed by atoms with Gasteiger partial charge in [-0.25, -0.2) is 0 Å². The number of rotatable bonds is 5. The van der Waals surface area contributed by atoms with E-state index in [2.05, 4.69) is 30.4 Å². The number of carbonyl (C=O) groups is 1. The van der Waals surface area contributed by atoms with Crippen molar-refractivity contribution in [1.82, 2.24) is 4.90 Å². The van der Waals surface area contributed by atoms with Crippen molar-refractivity contribution in [2.75, 3.05) is 7.05 Å². The average Bonchev–Trinajstić information content (AvgIpc) is 2.35. The van der Waals surface area contributed by atoms with Crippen molar-refractivity contribution < 1.29 is 4.79 Å². The van der Waals surface area contributed by atoms with Gasteiger partial charge in [-0.05, 0) is 51.9 Å². The third kappa shape index (κ3) is 4.09. The highest BCUT2D eigenvalue weighted by atomic mass is 33.1. The Bertz CT molecular complexity index is 341. The third-order valence-corrected chi connectivity index (χ3v) is 7.28. The van der Waals surface area contributed by atoms with Crippen molar-refractivity contribution in [3.05, 3.63) is 0 Å². The number of hydrogen-bond acceptors (Lipinski definition) is 3. The van der Waals surface area contributed by atoms with E-state index in [1.54, 1.807) is 10.8 Å². The second-order valence-electron chi connectivity index (χ2n) is 7.32. The van der Waals surface area contributed by atoms with Crippen LogP contribution in [0.25, 0.3) is 0 Å². The summed E-state index contributed by atoms with van der Waals surface area (Å²) >= 11 is 4.40. The molecule has 116 valence electrons. The molecule has 0 spiro atoms. The first kappa shape index (κ1) is 16.5. The first-order chi connectivity index (χ1) is 9.43. The van der Waals surface area contributed by atoms with Crippen LogP contribution in [0.1, 0.15) is 65.2 Å². The molecule has 0 heterocycles. The molecule has 2 rings (SSSR count). The fourth-order valence-electron chi connectivity index (χ4n) is 3.66. The van der Waals surface area contributed by atoms with E-state index in [4.69, 9.17) is 0 Å². The molecular formula is C16H29NOS2. The normalized spacial score (nSPS) is 28.0. The summed E-state index contributed by atoms with van der Waals surface area (Å²) in [5.74, 6) is 1.49. The Morgan fingerprint density at radius 3 is 2.45 bits per heavy atom. The number of carbonyl (C=O) groups excluding carboxylic acids is 1. The van der Waals surface area contributed by atoms with Gasteiger partial charge in [0.1, 0.15) is 0 Å². The highest BCUT2D eigenvalue weighted by molar-refractivity contribution is 8.69. The van der Waals surface area contributed by atoms with Gasteiger partial charge in [0.05, 0.1) is 0 Å². The molecule has 0 N–H and O–H groups in total. The molecule has 0 aromatic carbocycles. The first-order valence-electron chi connectivity index (χ1n) is 8.02. The topological polar surface area (TPSA) is 20.3 Å². The number of amides is 1. The maximum Gasteiger partial charge on any atom is 0.225 e. The lowest BCUT2D eigenvalue weighted by Gasteiger charge is -2.40. The van der Waals surface area contributed by atoms with Gasteiger partial charge in [0.15, 0.2) is 0 Å². The Kier molecular flexibility index (Phi) is 5.75. The Morgan fingerprint density at radius 2 is 1.90 bits per heavy atom. The van der Waals surface area contributed by atoms with Gasteiger partial charge in [-0.3, -0.25) is 4.79 Å². The summed E-state index contributed by atoms with van der Waals surface area (Å²) in [6, 6.07) is 0.475. The van der Waals surface area contributed by atoms with E-state index in [-0.39, 0.29) is 4.75 Å². The summed E-state index contributed by atoms with van der Waals surface area (Å²) in [4.78, 5) is 14.5. The van der Waals surface area contributed by atoms with E-state index in [0.717, 1.165) is 18.8 Å². The predicted octanol–water partition coefficient (Wildman–Crippen LogP) is 4.55. The lowest BCUT2D eigenvalue weighted by Crippen LogP contribution is -2.45. The van der Waals surface area contributed by atoms with Crippen LogP contribution >= 0.6 is 22.5 Å². The highest BCUT2D eigenvalue weighted by Crippen LogP contribution is 2.40. The Balaban J connectivity index is 1.87. The van der Waals surface area contributed by atoms with Gasteiger partial charge in [0.2, 0.25) is 5.91 Å². The van der Waals surface area contributed by atoms with Crippen LogP contribution < -0.4 is 0 Å². The van der Waals surface area contributed by atoms with Crippen molar-refractivity contribution >= 4 is 28.4 Å². The van der Waals surface area contributed by atoms with Crippen LogP contribution in [-0.2, 0) is 4.79 Å². The molecule has 2 aliphatic carbocycles. The lowest BCUT2D eigenvalue weighted by molar-refractivity contribution is -0.139. The van der Waals surface area contributed by atoms with Crippen LogP contribution in [0.5, 0.6) is 0 Å². The zero-order valence-corrected chi connectivity index (χ0v) is 14.8. The maximum absolute atomic E-state index is 12.4. The molecule has 0 aromatic rings. The van der Waals surface area contributed by atoms with E-state index < -0.39 is 0 Å². The Labute approximate surface area is 133 Å². The molecule has 0 bridgehead atoms. The van der Waals surface area contributed by atoms with E-state index in [9.17, 15) is 4.79 Å². The second kappa shape index (κ2) is 6.95. The average molecular weight is 316 g/mol. The van der Waals surface area contributed by atoms with Gasteiger partial charge >= 0.3 is 0 Å². The SMILES string of the molecule is CN(C(=O)C1CCC1)C1CCCC(CC(C)(C)SS)C1. The van der Waals surface area contributed by atoms with Crippen molar-refractivity contribution in [3.8, 4) is 0 Å². The molecule has 2 nitrogen and oxygen atoms in total. The van der Waals surface area contributed by atoms with Gasteiger partial charge in [0.25, 0.3) is 0 Å². The zero-order valence-electron chi connectivity index (χ0n) is 13.1. The summed E-state index contributed by atoms with van der Waals surface area (Å²) in [6.07, 6.45) is 9.65. The number of nitrogens with zero attached hydrogens (tertiary/aromatic N) is 1. The monoisotopic (exact) mass is 315 g/mol. The van der Waals surface area contributed by atoms with E-state index in [1.807, 2.05) is 7.05 Å².